The third-order valence-corrected chi connectivity index (χ3v) is 4.09. The van der Waals surface area contributed by atoms with Gasteiger partial charge in [0.25, 0.3) is 0 Å². The monoisotopic (exact) mass is 242 g/mol. The minimum absolute atomic E-state index is 0.0504. The standard InChI is InChI=1S/C15H30O2/c1-8-11(4)13(12(5)9-2)17-14(16)15(6,7)10-3/h11-13H,8-10H2,1-7H3. The third kappa shape index (κ3) is 4.69. The van der Waals surface area contributed by atoms with Gasteiger partial charge < -0.3 is 4.74 Å². The van der Waals surface area contributed by atoms with Crippen molar-refractivity contribution in [3.63, 3.8) is 0 Å². The number of ether oxygens (including phenoxy) is 1. The molecule has 0 heterocycles. The van der Waals surface area contributed by atoms with E-state index in [1.165, 1.54) is 0 Å². The molecule has 0 saturated heterocycles. The summed E-state index contributed by atoms with van der Waals surface area (Å²) in [6, 6.07) is 0. The van der Waals surface area contributed by atoms with Crippen LogP contribution in [0.5, 0.6) is 0 Å². The Morgan fingerprint density at radius 1 is 1.06 bits per heavy atom. The first-order valence-electron chi connectivity index (χ1n) is 7.01. The first-order chi connectivity index (χ1) is 7.80. The maximum absolute atomic E-state index is 12.1. The molecule has 0 spiro atoms. The highest BCUT2D eigenvalue weighted by Crippen LogP contribution is 2.28. The Kier molecular flexibility index (Phi) is 6.81. The topological polar surface area (TPSA) is 26.3 Å². The molecule has 2 heteroatoms. The van der Waals surface area contributed by atoms with E-state index in [0.717, 1.165) is 19.3 Å². The number of hydrogen-bond donors (Lipinski definition) is 0. The van der Waals surface area contributed by atoms with Crippen LogP contribution in [0.2, 0.25) is 0 Å². The molecule has 0 aliphatic carbocycles. The van der Waals surface area contributed by atoms with E-state index < -0.39 is 0 Å². The highest BCUT2D eigenvalue weighted by molar-refractivity contribution is 5.76. The zero-order valence-corrected chi connectivity index (χ0v) is 12.7. The van der Waals surface area contributed by atoms with Crippen molar-refractivity contribution in [2.24, 2.45) is 17.3 Å². The molecule has 2 nitrogen and oxygen atoms in total. The van der Waals surface area contributed by atoms with Gasteiger partial charge in [0.1, 0.15) is 6.10 Å². The van der Waals surface area contributed by atoms with Crippen LogP contribution in [0.3, 0.4) is 0 Å². The maximum atomic E-state index is 12.1. The number of carbonyl (C=O) groups is 1. The van der Waals surface area contributed by atoms with Crippen LogP contribution in [0.4, 0.5) is 0 Å². The van der Waals surface area contributed by atoms with Crippen molar-refractivity contribution < 1.29 is 9.53 Å². The zero-order chi connectivity index (χ0) is 13.6. The van der Waals surface area contributed by atoms with Gasteiger partial charge in [0.2, 0.25) is 0 Å². The van der Waals surface area contributed by atoms with E-state index in [-0.39, 0.29) is 17.5 Å². The summed E-state index contributed by atoms with van der Waals surface area (Å²) in [6.07, 6.45) is 2.98. The van der Waals surface area contributed by atoms with Crippen LogP contribution in [-0.2, 0) is 9.53 Å². The molecule has 0 bridgehead atoms. The molecular formula is C15H30O2. The summed E-state index contributed by atoms with van der Waals surface area (Å²) >= 11 is 0. The van der Waals surface area contributed by atoms with Crippen LogP contribution in [-0.4, -0.2) is 12.1 Å². The Morgan fingerprint density at radius 2 is 1.47 bits per heavy atom. The van der Waals surface area contributed by atoms with Crippen molar-refractivity contribution in [2.75, 3.05) is 0 Å². The van der Waals surface area contributed by atoms with Gasteiger partial charge in [-0.05, 0) is 32.1 Å². The molecule has 0 aromatic heterocycles. The van der Waals surface area contributed by atoms with Crippen LogP contribution < -0.4 is 0 Å². The highest BCUT2D eigenvalue weighted by atomic mass is 16.5. The minimum Gasteiger partial charge on any atom is -0.461 e. The summed E-state index contributed by atoms with van der Waals surface area (Å²) in [5.74, 6) is 0.814. The predicted molar refractivity (Wildman–Crippen MR) is 72.9 cm³/mol. The van der Waals surface area contributed by atoms with Gasteiger partial charge in [-0.15, -0.1) is 0 Å². The van der Waals surface area contributed by atoms with Gasteiger partial charge in [-0.3, -0.25) is 4.79 Å². The summed E-state index contributed by atoms with van der Waals surface area (Å²) in [5.41, 5.74) is -0.362. The summed E-state index contributed by atoms with van der Waals surface area (Å²) in [6.45, 7) is 14.6. The fourth-order valence-electron chi connectivity index (χ4n) is 1.69. The molecule has 2 atom stereocenters. The molecule has 0 N–H and O–H groups in total. The quantitative estimate of drug-likeness (QED) is 0.617. The maximum Gasteiger partial charge on any atom is 0.311 e. The largest absolute Gasteiger partial charge is 0.461 e. The summed E-state index contributed by atoms with van der Waals surface area (Å²) in [7, 11) is 0. The predicted octanol–water partition coefficient (Wildman–Crippen LogP) is 4.43. The summed E-state index contributed by atoms with van der Waals surface area (Å²) < 4.78 is 5.77. The Morgan fingerprint density at radius 3 is 1.76 bits per heavy atom. The van der Waals surface area contributed by atoms with E-state index in [4.69, 9.17) is 4.74 Å². The number of rotatable bonds is 7. The van der Waals surface area contributed by atoms with Crippen LogP contribution >= 0.6 is 0 Å². The SMILES string of the molecule is CCC(C)C(OC(=O)C(C)(C)CC)C(C)CC. The second-order valence-electron chi connectivity index (χ2n) is 5.88. The lowest BCUT2D eigenvalue weighted by Gasteiger charge is -2.31. The molecule has 0 aliphatic heterocycles. The Hall–Kier alpha value is -0.530. The first kappa shape index (κ1) is 16.5. The molecule has 0 saturated carbocycles. The third-order valence-electron chi connectivity index (χ3n) is 4.09. The van der Waals surface area contributed by atoms with E-state index in [1.54, 1.807) is 0 Å². The molecule has 0 rings (SSSR count). The fourth-order valence-corrected chi connectivity index (χ4v) is 1.69. The highest BCUT2D eigenvalue weighted by Gasteiger charge is 2.32. The van der Waals surface area contributed by atoms with Crippen molar-refractivity contribution in [2.45, 2.75) is 73.8 Å². The zero-order valence-electron chi connectivity index (χ0n) is 12.7. The smallest absolute Gasteiger partial charge is 0.311 e. The average Bonchev–Trinajstić information content (AvgIpc) is 2.33. The van der Waals surface area contributed by atoms with E-state index in [2.05, 4.69) is 27.7 Å². The second-order valence-corrected chi connectivity index (χ2v) is 5.88. The molecule has 0 fully saturated rings. The van der Waals surface area contributed by atoms with Gasteiger partial charge in [0, 0.05) is 0 Å². The molecular weight excluding hydrogens is 212 g/mol. The number of carbonyl (C=O) groups excluding carboxylic acids is 1. The molecule has 0 amide bonds. The lowest BCUT2D eigenvalue weighted by Crippen LogP contribution is -2.36. The fraction of sp³-hybridized carbons (Fsp3) is 0.933. The number of hydrogen-bond acceptors (Lipinski definition) is 2. The van der Waals surface area contributed by atoms with Gasteiger partial charge in [0.05, 0.1) is 5.41 Å². The second kappa shape index (κ2) is 7.03. The number of esters is 1. The van der Waals surface area contributed by atoms with E-state index >= 15 is 0 Å². The van der Waals surface area contributed by atoms with Crippen molar-refractivity contribution in [1.82, 2.24) is 0 Å². The van der Waals surface area contributed by atoms with Gasteiger partial charge in [-0.1, -0.05) is 47.5 Å². The Bertz CT molecular complexity index is 223. The normalized spacial score (nSPS) is 17.4. The Labute approximate surface area is 107 Å². The lowest BCUT2D eigenvalue weighted by atomic mass is 9.87. The van der Waals surface area contributed by atoms with Crippen molar-refractivity contribution in [3.8, 4) is 0 Å². The van der Waals surface area contributed by atoms with Gasteiger partial charge >= 0.3 is 5.97 Å². The summed E-state index contributed by atoms with van der Waals surface area (Å²) in [4.78, 5) is 12.1. The van der Waals surface area contributed by atoms with Gasteiger partial charge in [-0.2, -0.15) is 0 Å². The first-order valence-corrected chi connectivity index (χ1v) is 7.01. The molecule has 17 heavy (non-hydrogen) atoms. The molecule has 0 radical (unpaired) electrons. The van der Waals surface area contributed by atoms with Gasteiger partial charge in [-0.25, -0.2) is 0 Å². The van der Waals surface area contributed by atoms with Crippen LogP contribution in [0, 0.1) is 17.3 Å². The van der Waals surface area contributed by atoms with Crippen molar-refractivity contribution in [1.29, 1.82) is 0 Å². The van der Waals surface area contributed by atoms with Crippen LogP contribution in [0.15, 0.2) is 0 Å². The minimum atomic E-state index is -0.362. The summed E-state index contributed by atoms with van der Waals surface area (Å²) in [5, 5.41) is 0. The molecule has 0 aromatic carbocycles. The van der Waals surface area contributed by atoms with Gasteiger partial charge in [0.15, 0.2) is 0 Å². The van der Waals surface area contributed by atoms with Crippen molar-refractivity contribution in [3.05, 3.63) is 0 Å². The Balaban J connectivity index is 4.70. The van der Waals surface area contributed by atoms with Crippen LogP contribution in [0.25, 0.3) is 0 Å². The van der Waals surface area contributed by atoms with Crippen LogP contribution in [0.1, 0.15) is 67.7 Å². The average molecular weight is 242 g/mol. The van der Waals surface area contributed by atoms with E-state index in [1.807, 2.05) is 20.8 Å². The molecule has 2 unspecified atom stereocenters. The lowest BCUT2D eigenvalue weighted by molar-refractivity contribution is -0.165. The van der Waals surface area contributed by atoms with E-state index in [9.17, 15) is 4.79 Å². The van der Waals surface area contributed by atoms with Crippen molar-refractivity contribution >= 4 is 5.97 Å². The van der Waals surface area contributed by atoms with E-state index in [0.29, 0.717) is 11.8 Å². The molecule has 0 aromatic rings. The molecule has 0 aliphatic rings. The molecule has 102 valence electrons.